The number of halogens is 1. The highest BCUT2D eigenvalue weighted by Gasteiger charge is 2.61. The molecule has 0 radical (unpaired) electrons. The molecule has 3 aliphatic carbocycles. The summed E-state index contributed by atoms with van der Waals surface area (Å²) >= 11 is 12.0. The van der Waals surface area contributed by atoms with Crippen LogP contribution < -0.4 is 16.8 Å². The first-order chi connectivity index (χ1) is 15.2. The second-order valence-electron chi connectivity index (χ2n) is 9.45. The Morgan fingerprint density at radius 2 is 2.09 bits per heavy atom. The first kappa shape index (κ1) is 21.4. The van der Waals surface area contributed by atoms with E-state index in [0.29, 0.717) is 28.4 Å². The Hall–Kier alpha value is -2.41. The topological polar surface area (TPSA) is 86.1 Å². The molecule has 2 bridgehead atoms. The molecule has 3 unspecified atom stereocenters. The first-order valence-corrected chi connectivity index (χ1v) is 11.7. The second-order valence-corrected chi connectivity index (χ2v) is 10.3. The van der Waals surface area contributed by atoms with Gasteiger partial charge in [0.15, 0.2) is 0 Å². The van der Waals surface area contributed by atoms with E-state index in [9.17, 15) is 4.79 Å². The van der Waals surface area contributed by atoms with E-state index in [2.05, 4.69) is 24.5 Å². The zero-order valence-electron chi connectivity index (χ0n) is 18.2. The van der Waals surface area contributed by atoms with Crippen molar-refractivity contribution in [3.8, 4) is 11.1 Å². The van der Waals surface area contributed by atoms with Gasteiger partial charge >= 0.3 is 0 Å². The van der Waals surface area contributed by atoms with Gasteiger partial charge in [0.1, 0.15) is 4.99 Å². The summed E-state index contributed by atoms with van der Waals surface area (Å²) in [4.78, 5) is 13.2. The number of nitrogens with one attached hydrogen (secondary N) is 1. The van der Waals surface area contributed by atoms with Crippen LogP contribution in [0.4, 0.5) is 0 Å². The summed E-state index contributed by atoms with van der Waals surface area (Å²) in [7, 11) is 1.98. The summed E-state index contributed by atoms with van der Waals surface area (Å²) < 4.78 is 2.03. The Morgan fingerprint density at radius 3 is 2.75 bits per heavy atom. The van der Waals surface area contributed by atoms with Gasteiger partial charge in [-0.2, -0.15) is 0 Å². The molecule has 0 aliphatic heterocycles. The molecule has 4 atom stereocenters. The number of aromatic nitrogens is 1. The van der Waals surface area contributed by atoms with E-state index < -0.39 is 0 Å². The molecule has 1 amide bonds. The third-order valence-corrected chi connectivity index (χ3v) is 8.35. The van der Waals surface area contributed by atoms with E-state index in [-0.39, 0.29) is 17.4 Å². The van der Waals surface area contributed by atoms with E-state index >= 15 is 0 Å². The van der Waals surface area contributed by atoms with Crippen LogP contribution in [0, 0.1) is 17.8 Å². The maximum atomic E-state index is 12.8. The molecule has 32 heavy (non-hydrogen) atoms. The van der Waals surface area contributed by atoms with Crippen LogP contribution in [0.3, 0.4) is 0 Å². The second kappa shape index (κ2) is 7.58. The van der Waals surface area contributed by atoms with Crippen LogP contribution in [0.25, 0.3) is 22.0 Å². The van der Waals surface area contributed by atoms with Crippen LogP contribution in [0.1, 0.15) is 30.9 Å². The number of rotatable bonds is 5. The standard InChI is InChI=1S/C25H27ClN4OS/c1-13-18-9-25(13,28)10-19(18)24(31)29-11-16-6-7-17-20(12-30(2)22(17)21(16)26)14-4-3-5-15(8-14)23(27)32/h3-8,12-13,18-19H,9-11,28H2,1-2H3,(H2,27,32)(H,29,31)/t13-,18?,19?,25?/m0/s1. The minimum Gasteiger partial charge on any atom is -0.389 e. The van der Waals surface area contributed by atoms with Gasteiger partial charge in [0, 0.05) is 47.8 Å². The van der Waals surface area contributed by atoms with Gasteiger partial charge in [0.25, 0.3) is 0 Å². The molecule has 3 fully saturated rings. The predicted molar refractivity (Wildman–Crippen MR) is 133 cm³/mol. The van der Waals surface area contributed by atoms with Crippen molar-refractivity contribution < 1.29 is 4.79 Å². The van der Waals surface area contributed by atoms with Gasteiger partial charge < -0.3 is 21.4 Å². The smallest absolute Gasteiger partial charge is 0.223 e. The third-order valence-electron chi connectivity index (χ3n) is 7.69. The normalized spacial score (nSPS) is 26.2. The van der Waals surface area contributed by atoms with Crippen molar-refractivity contribution in [1.82, 2.24) is 9.88 Å². The fourth-order valence-corrected chi connectivity index (χ4v) is 6.18. The maximum absolute atomic E-state index is 12.8. The lowest BCUT2D eigenvalue weighted by atomic mass is 9.67. The molecular formula is C25H27ClN4OS. The summed E-state index contributed by atoms with van der Waals surface area (Å²) in [5.41, 5.74) is 16.8. The third kappa shape index (κ3) is 3.24. The van der Waals surface area contributed by atoms with Crippen molar-refractivity contribution >= 4 is 45.6 Å². The Kier molecular flexibility index (Phi) is 5.08. The van der Waals surface area contributed by atoms with E-state index in [1.54, 1.807) is 0 Å². The van der Waals surface area contributed by atoms with Crippen LogP contribution in [0.2, 0.25) is 5.02 Å². The number of aryl methyl sites for hydroxylation is 1. The zero-order valence-corrected chi connectivity index (χ0v) is 19.8. The van der Waals surface area contributed by atoms with E-state index in [4.69, 9.17) is 35.3 Å². The van der Waals surface area contributed by atoms with Gasteiger partial charge in [0.2, 0.25) is 5.91 Å². The van der Waals surface area contributed by atoms with Gasteiger partial charge in [0.05, 0.1) is 10.5 Å². The molecule has 1 heterocycles. The molecule has 1 aromatic heterocycles. The number of thiocarbonyl (C=S) groups is 1. The lowest BCUT2D eigenvalue weighted by molar-refractivity contribution is -0.126. The Bertz CT molecular complexity index is 1270. The average Bonchev–Trinajstić information content (AvgIpc) is 3.39. The molecule has 2 aromatic carbocycles. The Labute approximate surface area is 198 Å². The maximum Gasteiger partial charge on any atom is 0.223 e. The molecule has 0 saturated heterocycles. The van der Waals surface area contributed by atoms with Crippen LogP contribution in [-0.2, 0) is 18.4 Å². The van der Waals surface area contributed by atoms with Gasteiger partial charge in [-0.05, 0) is 41.9 Å². The van der Waals surface area contributed by atoms with Crippen molar-refractivity contribution in [1.29, 1.82) is 0 Å². The van der Waals surface area contributed by atoms with E-state index in [1.165, 1.54) is 0 Å². The highest BCUT2D eigenvalue weighted by molar-refractivity contribution is 7.80. The molecule has 3 saturated carbocycles. The quantitative estimate of drug-likeness (QED) is 0.493. The number of nitrogens with zero attached hydrogens (tertiary/aromatic N) is 1. The molecule has 5 N–H and O–H groups in total. The molecular weight excluding hydrogens is 440 g/mol. The highest BCUT2D eigenvalue weighted by atomic mass is 35.5. The summed E-state index contributed by atoms with van der Waals surface area (Å²) in [6, 6.07) is 12.0. The lowest BCUT2D eigenvalue weighted by Gasteiger charge is -2.42. The van der Waals surface area contributed by atoms with E-state index in [1.807, 2.05) is 41.9 Å². The monoisotopic (exact) mass is 466 g/mol. The van der Waals surface area contributed by atoms with Crippen molar-refractivity contribution in [2.24, 2.45) is 36.3 Å². The zero-order chi connectivity index (χ0) is 22.8. The summed E-state index contributed by atoms with van der Waals surface area (Å²) in [5.74, 6) is 0.933. The van der Waals surface area contributed by atoms with Crippen molar-refractivity contribution in [2.45, 2.75) is 31.8 Å². The summed E-state index contributed by atoms with van der Waals surface area (Å²) in [6.45, 7) is 2.57. The number of carbonyl (C=O) groups excluding carboxylic acids is 1. The lowest BCUT2D eigenvalue weighted by Crippen LogP contribution is -2.52. The number of hydrogen-bond acceptors (Lipinski definition) is 3. The fourth-order valence-electron chi connectivity index (χ4n) is 5.69. The van der Waals surface area contributed by atoms with Crippen LogP contribution in [-0.4, -0.2) is 21.0 Å². The molecule has 166 valence electrons. The Morgan fingerprint density at radius 1 is 1.31 bits per heavy atom. The summed E-state index contributed by atoms with van der Waals surface area (Å²) in [6.07, 6.45) is 3.80. The molecule has 6 rings (SSSR count). The number of hydrogen-bond donors (Lipinski definition) is 3. The van der Waals surface area contributed by atoms with Crippen molar-refractivity contribution in [3.63, 3.8) is 0 Å². The van der Waals surface area contributed by atoms with Crippen LogP contribution >= 0.6 is 23.8 Å². The molecule has 0 spiro atoms. The largest absolute Gasteiger partial charge is 0.389 e. The van der Waals surface area contributed by atoms with Crippen LogP contribution in [0.15, 0.2) is 42.6 Å². The first-order valence-electron chi connectivity index (χ1n) is 10.9. The van der Waals surface area contributed by atoms with Crippen LogP contribution in [0.5, 0.6) is 0 Å². The fraction of sp³-hybridized carbons (Fsp3) is 0.360. The molecule has 5 nitrogen and oxygen atoms in total. The minimum absolute atomic E-state index is 0.0139. The number of benzene rings is 2. The molecule has 3 aromatic rings. The minimum atomic E-state index is -0.145. The average molecular weight is 467 g/mol. The van der Waals surface area contributed by atoms with Crippen molar-refractivity contribution in [2.75, 3.05) is 0 Å². The SMILES string of the molecule is C[C@H]1C2CC1(N)CC2C(=O)NCc1ccc2c(-c3cccc(C(N)=S)c3)cn(C)c2c1Cl. The molecule has 3 aliphatic rings. The molecule has 7 heteroatoms. The number of carbonyl (C=O) groups is 1. The summed E-state index contributed by atoms with van der Waals surface area (Å²) in [5, 5.41) is 4.80. The number of nitrogens with two attached hydrogens (primary N) is 2. The highest BCUT2D eigenvalue weighted by Crippen LogP contribution is 2.58. The van der Waals surface area contributed by atoms with Gasteiger partial charge in [-0.3, -0.25) is 4.79 Å². The Balaban J connectivity index is 1.40. The van der Waals surface area contributed by atoms with Gasteiger partial charge in [-0.1, -0.05) is 61.1 Å². The van der Waals surface area contributed by atoms with E-state index in [0.717, 1.165) is 46.0 Å². The van der Waals surface area contributed by atoms with Gasteiger partial charge in [-0.25, -0.2) is 0 Å². The van der Waals surface area contributed by atoms with Gasteiger partial charge in [-0.15, -0.1) is 0 Å². The number of amides is 1. The predicted octanol–water partition coefficient (Wildman–Crippen LogP) is 4.12. The van der Waals surface area contributed by atoms with Crippen molar-refractivity contribution in [3.05, 3.63) is 58.7 Å². The number of fused-ring (bicyclic) bond motifs is 2.